The van der Waals surface area contributed by atoms with Gasteiger partial charge in [-0.25, -0.2) is 8.42 Å². The van der Waals surface area contributed by atoms with E-state index in [1.165, 1.54) is 4.31 Å². The second-order valence-electron chi connectivity index (χ2n) is 7.86. The van der Waals surface area contributed by atoms with Crippen molar-refractivity contribution in [2.75, 3.05) is 32.8 Å². The van der Waals surface area contributed by atoms with Gasteiger partial charge in [-0.1, -0.05) is 36.4 Å². The molecule has 4 rings (SSSR count). The minimum absolute atomic E-state index is 0.120. The molecule has 3 aromatic carbocycles. The zero-order valence-corrected chi connectivity index (χ0v) is 19.9. The number of rotatable bonds is 8. The van der Waals surface area contributed by atoms with Crippen molar-refractivity contribution < 1.29 is 22.7 Å². The van der Waals surface area contributed by atoms with E-state index < -0.39 is 10.0 Å². The summed E-state index contributed by atoms with van der Waals surface area (Å²) >= 11 is 0. The smallest absolute Gasteiger partial charge is 0.254 e. The maximum atomic E-state index is 13.2. The number of hydrogen-bond donors (Lipinski definition) is 0. The summed E-state index contributed by atoms with van der Waals surface area (Å²) in [6.07, 6.45) is 0. The Kier molecular flexibility index (Phi) is 7.49. The average Bonchev–Trinajstić information content (AvgIpc) is 2.88. The van der Waals surface area contributed by atoms with Gasteiger partial charge in [0.1, 0.15) is 18.1 Å². The van der Waals surface area contributed by atoms with E-state index in [0.717, 1.165) is 11.3 Å². The molecule has 1 aliphatic rings. The Morgan fingerprint density at radius 3 is 2.09 bits per heavy atom. The summed E-state index contributed by atoms with van der Waals surface area (Å²) in [5, 5.41) is 0. The second kappa shape index (κ2) is 10.7. The number of carbonyl (C=O) groups is 1. The van der Waals surface area contributed by atoms with Gasteiger partial charge in [-0.15, -0.1) is 0 Å². The molecule has 178 valence electrons. The summed E-state index contributed by atoms with van der Waals surface area (Å²) in [7, 11) is -3.64. The van der Waals surface area contributed by atoms with Crippen molar-refractivity contribution in [3.8, 4) is 11.5 Å². The molecule has 8 heteroatoms. The van der Waals surface area contributed by atoms with E-state index in [1.807, 2.05) is 55.5 Å². The monoisotopic (exact) mass is 480 g/mol. The molecule has 0 N–H and O–H groups in total. The van der Waals surface area contributed by atoms with Crippen LogP contribution in [-0.2, 0) is 16.6 Å². The fraction of sp³-hybridized carbons (Fsp3) is 0.269. The third-order valence-corrected chi connectivity index (χ3v) is 7.60. The first-order valence-corrected chi connectivity index (χ1v) is 12.7. The van der Waals surface area contributed by atoms with Crippen molar-refractivity contribution in [2.45, 2.75) is 18.4 Å². The lowest BCUT2D eigenvalue weighted by Crippen LogP contribution is -2.50. The average molecular weight is 481 g/mol. The second-order valence-corrected chi connectivity index (χ2v) is 9.80. The third-order valence-electron chi connectivity index (χ3n) is 5.68. The van der Waals surface area contributed by atoms with Crippen LogP contribution in [0.25, 0.3) is 0 Å². The number of piperazine rings is 1. The fourth-order valence-corrected chi connectivity index (χ4v) is 5.28. The first-order valence-electron chi connectivity index (χ1n) is 11.3. The SMILES string of the molecule is CCOc1ccc(S(=O)(=O)N2CCN(C(=O)c3ccccc3COc3ccccc3)CC2)cc1. The number of para-hydroxylation sites is 1. The normalized spacial score (nSPS) is 14.6. The molecule has 0 aliphatic carbocycles. The van der Waals surface area contributed by atoms with E-state index in [9.17, 15) is 13.2 Å². The first-order chi connectivity index (χ1) is 16.5. The lowest BCUT2D eigenvalue weighted by Gasteiger charge is -2.34. The van der Waals surface area contributed by atoms with Crippen LogP contribution in [0.1, 0.15) is 22.8 Å². The third kappa shape index (κ3) is 5.40. The number of benzene rings is 3. The van der Waals surface area contributed by atoms with Crippen LogP contribution in [0, 0.1) is 0 Å². The zero-order chi connectivity index (χ0) is 24.0. The highest BCUT2D eigenvalue weighted by atomic mass is 32.2. The maximum Gasteiger partial charge on any atom is 0.254 e. The van der Waals surface area contributed by atoms with Gasteiger partial charge in [0.05, 0.1) is 11.5 Å². The first kappa shape index (κ1) is 23.8. The van der Waals surface area contributed by atoms with Crippen molar-refractivity contribution in [1.29, 1.82) is 0 Å². The van der Waals surface area contributed by atoms with Crippen molar-refractivity contribution in [1.82, 2.24) is 9.21 Å². The summed E-state index contributed by atoms with van der Waals surface area (Å²) in [4.78, 5) is 15.2. The highest BCUT2D eigenvalue weighted by Gasteiger charge is 2.31. The summed E-state index contributed by atoms with van der Waals surface area (Å²) in [6.45, 7) is 3.79. The van der Waals surface area contributed by atoms with Crippen LogP contribution >= 0.6 is 0 Å². The number of nitrogens with zero attached hydrogens (tertiary/aromatic N) is 2. The molecular formula is C26H28N2O5S. The topological polar surface area (TPSA) is 76.2 Å². The zero-order valence-electron chi connectivity index (χ0n) is 19.1. The lowest BCUT2D eigenvalue weighted by atomic mass is 10.1. The van der Waals surface area contributed by atoms with Gasteiger partial charge in [0.15, 0.2) is 0 Å². The van der Waals surface area contributed by atoms with Gasteiger partial charge in [0.25, 0.3) is 5.91 Å². The van der Waals surface area contributed by atoms with Gasteiger partial charge < -0.3 is 14.4 Å². The van der Waals surface area contributed by atoms with Crippen molar-refractivity contribution >= 4 is 15.9 Å². The number of sulfonamides is 1. The van der Waals surface area contributed by atoms with Crippen LogP contribution in [0.4, 0.5) is 0 Å². The molecule has 1 saturated heterocycles. The predicted molar refractivity (Wildman–Crippen MR) is 129 cm³/mol. The number of ether oxygens (including phenoxy) is 2. The Labute approximate surface area is 200 Å². The molecule has 1 amide bonds. The number of amides is 1. The van der Waals surface area contributed by atoms with Crippen LogP contribution in [0.15, 0.2) is 83.8 Å². The van der Waals surface area contributed by atoms with E-state index in [2.05, 4.69) is 0 Å². The summed E-state index contributed by atoms with van der Waals surface area (Å²) < 4.78 is 38.7. The number of carbonyl (C=O) groups excluding carboxylic acids is 1. The molecule has 34 heavy (non-hydrogen) atoms. The van der Waals surface area contributed by atoms with Crippen LogP contribution < -0.4 is 9.47 Å². The summed E-state index contributed by atoms with van der Waals surface area (Å²) in [5.41, 5.74) is 1.36. The van der Waals surface area contributed by atoms with Crippen LogP contribution in [0.3, 0.4) is 0 Å². The Hall–Kier alpha value is -3.36. The van der Waals surface area contributed by atoms with Gasteiger partial charge in [-0.2, -0.15) is 4.31 Å². The minimum atomic E-state index is -3.64. The van der Waals surface area contributed by atoms with Gasteiger partial charge in [-0.3, -0.25) is 4.79 Å². The molecule has 0 radical (unpaired) electrons. The van der Waals surface area contributed by atoms with E-state index in [1.54, 1.807) is 35.2 Å². The summed E-state index contributed by atoms with van der Waals surface area (Å²) in [6, 6.07) is 23.2. The Balaban J connectivity index is 1.40. The molecule has 0 saturated carbocycles. The van der Waals surface area contributed by atoms with Crippen molar-refractivity contribution in [3.05, 3.63) is 90.0 Å². The molecule has 3 aromatic rings. The molecule has 1 aliphatic heterocycles. The highest BCUT2D eigenvalue weighted by molar-refractivity contribution is 7.89. The maximum absolute atomic E-state index is 13.2. The molecule has 0 aromatic heterocycles. The number of hydrogen-bond acceptors (Lipinski definition) is 5. The van der Waals surface area contributed by atoms with Gasteiger partial charge >= 0.3 is 0 Å². The quantitative estimate of drug-likeness (QED) is 0.490. The van der Waals surface area contributed by atoms with Gasteiger partial charge in [0, 0.05) is 37.3 Å². The van der Waals surface area contributed by atoms with Crippen LogP contribution in [-0.4, -0.2) is 56.3 Å². The molecule has 0 bridgehead atoms. The van der Waals surface area contributed by atoms with Crippen molar-refractivity contribution in [3.63, 3.8) is 0 Å². The highest BCUT2D eigenvalue weighted by Crippen LogP contribution is 2.22. The molecule has 7 nitrogen and oxygen atoms in total. The Bertz CT molecular complexity index is 1210. The van der Waals surface area contributed by atoms with Gasteiger partial charge in [-0.05, 0) is 49.4 Å². The minimum Gasteiger partial charge on any atom is -0.494 e. The Morgan fingerprint density at radius 2 is 1.41 bits per heavy atom. The lowest BCUT2D eigenvalue weighted by molar-refractivity contribution is 0.0695. The molecule has 0 atom stereocenters. The molecular weight excluding hydrogens is 452 g/mol. The predicted octanol–water partition coefficient (Wildman–Crippen LogP) is 3.81. The molecule has 1 heterocycles. The summed E-state index contributed by atoms with van der Waals surface area (Å²) in [5.74, 6) is 1.25. The molecule has 1 fully saturated rings. The van der Waals surface area contributed by atoms with Gasteiger partial charge in [0.2, 0.25) is 10.0 Å². The van der Waals surface area contributed by atoms with Crippen molar-refractivity contribution in [2.24, 2.45) is 0 Å². The van der Waals surface area contributed by atoms with E-state index in [4.69, 9.17) is 9.47 Å². The Morgan fingerprint density at radius 1 is 0.794 bits per heavy atom. The van der Waals surface area contributed by atoms with E-state index in [0.29, 0.717) is 31.0 Å². The van der Waals surface area contributed by atoms with E-state index >= 15 is 0 Å². The van der Waals surface area contributed by atoms with Crippen LogP contribution in [0.2, 0.25) is 0 Å². The molecule has 0 unspecified atom stereocenters. The fourth-order valence-electron chi connectivity index (χ4n) is 3.86. The molecule has 0 spiro atoms. The van der Waals surface area contributed by atoms with E-state index in [-0.39, 0.29) is 30.5 Å². The largest absolute Gasteiger partial charge is 0.494 e. The standard InChI is InChI=1S/C26H28N2O5S/c1-2-32-23-12-14-24(15-13-23)34(30,31)28-18-16-27(17-19-28)26(29)25-11-7-6-8-21(25)20-33-22-9-4-3-5-10-22/h3-15H,2,16-20H2,1H3. The van der Waals surface area contributed by atoms with Crippen LogP contribution in [0.5, 0.6) is 11.5 Å².